The first-order valence-electron chi connectivity index (χ1n) is 12.1. The molecule has 0 bridgehead atoms. The van der Waals surface area contributed by atoms with Crippen LogP contribution in [-0.2, 0) is 11.3 Å². The Bertz CT molecular complexity index is 1190. The highest BCUT2D eigenvalue weighted by molar-refractivity contribution is 5.78. The molecule has 2 aromatic carbocycles. The number of aromatic nitrogens is 3. The number of imidazole rings is 1. The minimum absolute atomic E-state index is 0.00382. The van der Waals surface area contributed by atoms with Crippen LogP contribution in [0.25, 0.3) is 11.0 Å². The molecule has 0 saturated carbocycles. The number of aryl methyl sites for hydroxylation is 1. The molecular formula is C28H31N5O. The lowest BCUT2D eigenvalue weighted by Gasteiger charge is -2.33. The Kier molecular flexibility index (Phi) is 6.67. The molecule has 5 rings (SSSR count). The summed E-state index contributed by atoms with van der Waals surface area (Å²) >= 11 is 0. The molecule has 0 aliphatic carbocycles. The van der Waals surface area contributed by atoms with Gasteiger partial charge in [-0.25, -0.2) is 4.98 Å². The lowest BCUT2D eigenvalue weighted by Crippen LogP contribution is -2.44. The second kappa shape index (κ2) is 10.2. The van der Waals surface area contributed by atoms with Crippen molar-refractivity contribution in [3.05, 3.63) is 96.1 Å². The predicted octanol–water partition coefficient (Wildman–Crippen LogP) is 4.36. The summed E-state index contributed by atoms with van der Waals surface area (Å²) < 4.78 is 2.30. The number of rotatable bonds is 7. The summed E-state index contributed by atoms with van der Waals surface area (Å²) in [6, 6.07) is 22.7. The zero-order valence-electron chi connectivity index (χ0n) is 19.6. The normalized spacial score (nSPS) is 14.7. The van der Waals surface area contributed by atoms with Crippen molar-refractivity contribution in [3.8, 4) is 0 Å². The Morgan fingerprint density at radius 2 is 1.65 bits per heavy atom. The summed E-state index contributed by atoms with van der Waals surface area (Å²) in [5.74, 6) is 1.74. The first kappa shape index (κ1) is 22.3. The number of hydrogen-bond donors (Lipinski definition) is 1. The topological polar surface area (TPSA) is 63.1 Å². The average Bonchev–Trinajstić information content (AvgIpc) is 3.20. The maximum absolute atomic E-state index is 13.1. The first-order chi connectivity index (χ1) is 16.7. The van der Waals surface area contributed by atoms with E-state index in [2.05, 4.69) is 51.0 Å². The molecule has 0 unspecified atom stereocenters. The number of amides is 1. The van der Waals surface area contributed by atoms with Crippen LogP contribution >= 0.6 is 0 Å². The van der Waals surface area contributed by atoms with Gasteiger partial charge in [-0.3, -0.25) is 15.1 Å². The van der Waals surface area contributed by atoms with Gasteiger partial charge in [0.1, 0.15) is 11.3 Å². The molecule has 0 radical (unpaired) electrons. The van der Waals surface area contributed by atoms with Crippen LogP contribution in [0.2, 0.25) is 0 Å². The molecular weight excluding hydrogens is 422 g/mol. The molecule has 34 heavy (non-hydrogen) atoms. The molecule has 6 heteroatoms. The van der Waals surface area contributed by atoms with Crippen LogP contribution in [0.15, 0.2) is 79.1 Å². The van der Waals surface area contributed by atoms with E-state index in [9.17, 15) is 4.79 Å². The van der Waals surface area contributed by atoms with E-state index in [1.54, 1.807) is 0 Å². The van der Waals surface area contributed by atoms with Gasteiger partial charge in [0.2, 0.25) is 5.91 Å². The SMILES string of the molecule is Cc1nc2cnccc2n1CC1CCN(C(=O)CNC(c2ccccc2)c2ccccc2)CC1. The van der Waals surface area contributed by atoms with E-state index in [1.165, 1.54) is 11.1 Å². The van der Waals surface area contributed by atoms with Gasteiger partial charge < -0.3 is 9.47 Å². The van der Waals surface area contributed by atoms with Crippen LogP contribution in [-0.4, -0.2) is 45.0 Å². The monoisotopic (exact) mass is 453 g/mol. The standard InChI is InChI=1S/C28H31N5O/c1-21-31-25-18-29-15-12-26(25)33(21)20-22-13-16-32(17-14-22)27(34)19-30-28(23-8-4-2-5-9-23)24-10-6-3-7-11-24/h2-12,15,18,22,28,30H,13-14,16-17,19-20H2,1H3. The van der Waals surface area contributed by atoms with Gasteiger partial charge in [0.05, 0.1) is 24.3 Å². The molecule has 1 amide bonds. The molecule has 6 nitrogen and oxygen atoms in total. The van der Waals surface area contributed by atoms with Gasteiger partial charge in [-0.2, -0.15) is 0 Å². The van der Waals surface area contributed by atoms with Crippen LogP contribution in [0.4, 0.5) is 0 Å². The molecule has 2 aromatic heterocycles. The Morgan fingerprint density at radius 1 is 1.00 bits per heavy atom. The fraction of sp³-hybridized carbons (Fsp3) is 0.321. The highest BCUT2D eigenvalue weighted by atomic mass is 16.2. The highest BCUT2D eigenvalue weighted by Crippen LogP contribution is 2.24. The minimum atomic E-state index is -0.00382. The summed E-state index contributed by atoms with van der Waals surface area (Å²) in [6.45, 7) is 4.94. The average molecular weight is 454 g/mol. The van der Waals surface area contributed by atoms with Crippen molar-refractivity contribution in [2.24, 2.45) is 5.92 Å². The van der Waals surface area contributed by atoms with Gasteiger partial charge >= 0.3 is 0 Å². The third kappa shape index (κ3) is 4.87. The molecule has 4 aromatic rings. The number of nitrogens with one attached hydrogen (secondary N) is 1. The van der Waals surface area contributed by atoms with Crippen LogP contribution < -0.4 is 5.32 Å². The molecule has 3 heterocycles. The maximum Gasteiger partial charge on any atom is 0.236 e. The lowest BCUT2D eigenvalue weighted by molar-refractivity contribution is -0.131. The number of piperidine rings is 1. The van der Waals surface area contributed by atoms with Crippen molar-refractivity contribution in [3.63, 3.8) is 0 Å². The fourth-order valence-corrected chi connectivity index (χ4v) is 4.98. The van der Waals surface area contributed by atoms with E-state index >= 15 is 0 Å². The Hall–Kier alpha value is -3.51. The van der Waals surface area contributed by atoms with Gasteiger partial charge in [0.25, 0.3) is 0 Å². The van der Waals surface area contributed by atoms with Gasteiger partial charge in [0.15, 0.2) is 0 Å². The third-order valence-electron chi connectivity index (χ3n) is 6.87. The van der Waals surface area contributed by atoms with Crippen LogP contribution in [0, 0.1) is 12.8 Å². The molecule has 1 aliphatic rings. The number of likely N-dealkylation sites (tertiary alicyclic amines) is 1. The zero-order chi connectivity index (χ0) is 23.3. The van der Waals surface area contributed by atoms with Crippen molar-refractivity contribution in [2.45, 2.75) is 32.4 Å². The predicted molar refractivity (Wildman–Crippen MR) is 134 cm³/mol. The number of hydrogen-bond acceptors (Lipinski definition) is 4. The summed E-state index contributed by atoms with van der Waals surface area (Å²) in [5, 5.41) is 3.52. The van der Waals surface area contributed by atoms with E-state index in [-0.39, 0.29) is 11.9 Å². The van der Waals surface area contributed by atoms with Crippen molar-refractivity contribution >= 4 is 16.9 Å². The minimum Gasteiger partial charge on any atom is -0.342 e. The zero-order valence-corrected chi connectivity index (χ0v) is 19.6. The van der Waals surface area contributed by atoms with Gasteiger partial charge in [-0.15, -0.1) is 0 Å². The Balaban J connectivity index is 1.18. The smallest absolute Gasteiger partial charge is 0.236 e. The number of carbonyl (C=O) groups is 1. The van der Waals surface area contributed by atoms with E-state index in [1.807, 2.05) is 59.8 Å². The van der Waals surface area contributed by atoms with Crippen LogP contribution in [0.1, 0.15) is 35.8 Å². The van der Waals surface area contributed by atoms with E-state index < -0.39 is 0 Å². The molecule has 0 spiro atoms. The number of pyridine rings is 1. The molecule has 1 saturated heterocycles. The summed E-state index contributed by atoms with van der Waals surface area (Å²) in [5.41, 5.74) is 4.42. The molecule has 0 atom stereocenters. The van der Waals surface area contributed by atoms with Crippen LogP contribution in [0.3, 0.4) is 0 Å². The molecule has 1 fully saturated rings. The van der Waals surface area contributed by atoms with E-state index in [0.29, 0.717) is 12.5 Å². The molecule has 1 N–H and O–H groups in total. The van der Waals surface area contributed by atoms with Gasteiger partial charge in [-0.1, -0.05) is 60.7 Å². The highest BCUT2D eigenvalue weighted by Gasteiger charge is 2.25. The van der Waals surface area contributed by atoms with Crippen molar-refractivity contribution in [1.82, 2.24) is 24.8 Å². The van der Waals surface area contributed by atoms with E-state index in [0.717, 1.165) is 49.3 Å². The summed E-state index contributed by atoms with van der Waals surface area (Å²) in [6.07, 6.45) is 5.67. The Labute approximate surface area is 200 Å². The fourth-order valence-electron chi connectivity index (χ4n) is 4.98. The number of carbonyl (C=O) groups excluding carboxylic acids is 1. The Morgan fingerprint density at radius 3 is 2.29 bits per heavy atom. The quantitative estimate of drug-likeness (QED) is 0.452. The summed E-state index contributed by atoms with van der Waals surface area (Å²) in [4.78, 5) is 23.9. The second-order valence-electron chi connectivity index (χ2n) is 9.09. The second-order valence-corrected chi connectivity index (χ2v) is 9.09. The lowest BCUT2D eigenvalue weighted by atomic mass is 9.96. The van der Waals surface area contributed by atoms with Gasteiger partial charge in [-0.05, 0) is 42.9 Å². The maximum atomic E-state index is 13.1. The summed E-state index contributed by atoms with van der Waals surface area (Å²) in [7, 11) is 0. The van der Waals surface area contributed by atoms with Gasteiger partial charge in [0, 0.05) is 25.8 Å². The third-order valence-corrected chi connectivity index (χ3v) is 6.87. The van der Waals surface area contributed by atoms with Crippen molar-refractivity contribution in [1.29, 1.82) is 0 Å². The molecule has 1 aliphatic heterocycles. The first-order valence-corrected chi connectivity index (χ1v) is 12.1. The largest absolute Gasteiger partial charge is 0.342 e. The van der Waals surface area contributed by atoms with Crippen molar-refractivity contribution < 1.29 is 4.79 Å². The molecule has 174 valence electrons. The number of benzene rings is 2. The van der Waals surface area contributed by atoms with Crippen LogP contribution in [0.5, 0.6) is 0 Å². The number of nitrogens with zero attached hydrogens (tertiary/aromatic N) is 4. The van der Waals surface area contributed by atoms with Crippen molar-refractivity contribution in [2.75, 3.05) is 19.6 Å². The van der Waals surface area contributed by atoms with E-state index in [4.69, 9.17) is 0 Å². The number of fused-ring (bicyclic) bond motifs is 1.